The van der Waals surface area contributed by atoms with Crippen molar-refractivity contribution in [1.29, 1.82) is 0 Å². The highest BCUT2D eigenvalue weighted by molar-refractivity contribution is 5.82. The Morgan fingerprint density at radius 3 is 2.84 bits per heavy atom. The summed E-state index contributed by atoms with van der Waals surface area (Å²) in [6.45, 7) is 1.63. The van der Waals surface area contributed by atoms with Crippen molar-refractivity contribution in [2.45, 2.75) is 44.7 Å². The molecule has 1 heterocycles. The second-order valence-corrected chi connectivity index (χ2v) is 5.78. The molecule has 1 aliphatic carbocycles. The molecule has 3 heteroatoms. The van der Waals surface area contributed by atoms with E-state index in [0.717, 1.165) is 31.8 Å². The lowest BCUT2D eigenvalue weighted by molar-refractivity contribution is -0.123. The SMILES string of the molecule is O=C(NCCCC1CC1)C1Cc2ccccc2CN1. The van der Waals surface area contributed by atoms with Gasteiger partial charge in [-0.25, -0.2) is 0 Å². The Kier molecular flexibility index (Phi) is 3.83. The first kappa shape index (κ1) is 12.7. The summed E-state index contributed by atoms with van der Waals surface area (Å²) < 4.78 is 0. The van der Waals surface area contributed by atoms with Gasteiger partial charge in [-0.3, -0.25) is 4.79 Å². The van der Waals surface area contributed by atoms with E-state index in [2.05, 4.69) is 34.9 Å². The monoisotopic (exact) mass is 258 g/mol. The molecule has 2 aliphatic rings. The summed E-state index contributed by atoms with van der Waals surface area (Å²) in [4.78, 5) is 12.1. The number of amides is 1. The van der Waals surface area contributed by atoms with E-state index in [0.29, 0.717) is 0 Å². The number of rotatable bonds is 5. The molecule has 19 heavy (non-hydrogen) atoms. The highest BCUT2D eigenvalue weighted by Crippen LogP contribution is 2.33. The van der Waals surface area contributed by atoms with Crippen LogP contribution in [0.5, 0.6) is 0 Å². The molecule has 1 saturated carbocycles. The first-order valence-electron chi connectivity index (χ1n) is 7.41. The molecule has 2 N–H and O–H groups in total. The van der Waals surface area contributed by atoms with E-state index in [-0.39, 0.29) is 11.9 Å². The number of benzene rings is 1. The molecule has 102 valence electrons. The fourth-order valence-electron chi connectivity index (χ4n) is 2.77. The Bertz CT molecular complexity index is 454. The molecule has 1 aromatic carbocycles. The number of nitrogens with one attached hydrogen (secondary N) is 2. The minimum atomic E-state index is -0.0594. The molecule has 0 bridgehead atoms. The summed E-state index contributed by atoms with van der Waals surface area (Å²) in [5.74, 6) is 1.11. The normalized spacial score (nSPS) is 21.8. The molecule has 0 spiro atoms. The van der Waals surface area contributed by atoms with Crippen molar-refractivity contribution in [3.05, 3.63) is 35.4 Å². The third kappa shape index (κ3) is 3.35. The van der Waals surface area contributed by atoms with E-state index >= 15 is 0 Å². The van der Waals surface area contributed by atoms with Crippen molar-refractivity contribution in [1.82, 2.24) is 10.6 Å². The molecule has 0 aromatic heterocycles. The van der Waals surface area contributed by atoms with Gasteiger partial charge >= 0.3 is 0 Å². The maximum atomic E-state index is 12.1. The van der Waals surface area contributed by atoms with E-state index < -0.39 is 0 Å². The van der Waals surface area contributed by atoms with Gasteiger partial charge < -0.3 is 10.6 Å². The Labute approximate surface area is 114 Å². The number of fused-ring (bicyclic) bond motifs is 1. The summed E-state index contributed by atoms with van der Waals surface area (Å²) in [6, 6.07) is 8.30. The zero-order chi connectivity index (χ0) is 13.1. The molecule has 1 aliphatic heterocycles. The highest BCUT2D eigenvalue weighted by Gasteiger charge is 2.24. The van der Waals surface area contributed by atoms with E-state index in [4.69, 9.17) is 0 Å². The number of hydrogen-bond acceptors (Lipinski definition) is 2. The van der Waals surface area contributed by atoms with Gasteiger partial charge in [0.05, 0.1) is 6.04 Å². The first-order chi connectivity index (χ1) is 9.33. The van der Waals surface area contributed by atoms with Crippen molar-refractivity contribution >= 4 is 5.91 Å². The molecule has 1 atom stereocenters. The molecule has 1 amide bonds. The summed E-state index contributed by atoms with van der Waals surface area (Å²) >= 11 is 0. The molecule has 0 radical (unpaired) electrons. The Balaban J connectivity index is 1.45. The maximum Gasteiger partial charge on any atom is 0.237 e. The van der Waals surface area contributed by atoms with Gasteiger partial charge in [0, 0.05) is 13.1 Å². The molecule has 3 rings (SSSR count). The van der Waals surface area contributed by atoms with Gasteiger partial charge in [0.1, 0.15) is 0 Å². The van der Waals surface area contributed by atoms with Crippen molar-refractivity contribution < 1.29 is 4.79 Å². The minimum Gasteiger partial charge on any atom is -0.355 e. The standard InChI is InChI=1S/C16H22N2O/c19-16(17-9-3-4-12-7-8-12)15-10-13-5-1-2-6-14(13)11-18-15/h1-2,5-6,12,15,18H,3-4,7-11H2,(H,17,19). The van der Waals surface area contributed by atoms with Crippen LogP contribution in [0.1, 0.15) is 36.8 Å². The van der Waals surface area contributed by atoms with Gasteiger partial charge in [-0.05, 0) is 36.3 Å². The fraction of sp³-hybridized carbons (Fsp3) is 0.562. The third-order valence-corrected chi connectivity index (χ3v) is 4.18. The minimum absolute atomic E-state index is 0.0594. The topological polar surface area (TPSA) is 41.1 Å². The Morgan fingerprint density at radius 2 is 2.05 bits per heavy atom. The number of carbonyl (C=O) groups is 1. The number of hydrogen-bond donors (Lipinski definition) is 2. The maximum absolute atomic E-state index is 12.1. The van der Waals surface area contributed by atoms with Crippen LogP contribution in [0.3, 0.4) is 0 Å². The van der Waals surface area contributed by atoms with E-state index in [1.807, 2.05) is 0 Å². The molecular weight excluding hydrogens is 236 g/mol. The zero-order valence-corrected chi connectivity index (χ0v) is 11.3. The zero-order valence-electron chi connectivity index (χ0n) is 11.3. The molecule has 0 saturated heterocycles. The Morgan fingerprint density at radius 1 is 1.26 bits per heavy atom. The van der Waals surface area contributed by atoms with Crippen LogP contribution in [0, 0.1) is 5.92 Å². The van der Waals surface area contributed by atoms with Crippen molar-refractivity contribution in [3.63, 3.8) is 0 Å². The molecular formula is C16H22N2O. The van der Waals surface area contributed by atoms with Crippen LogP contribution in [0.2, 0.25) is 0 Å². The van der Waals surface area contributed by atoms with Gasteiger partial charge in [0.2, 0.25) is 5.91 Å². The van der Waals surface area contributed by atoms with Crippen molar-refractivity contribution in [3.8, 4) is 0 Å². The molecule has 3 nitrogen and oxygen atoms in total. The fourth-order valence-corrected chi connectivity index (χ4v) is 2.77. The van der Waals surface area contributed by atoms with E-state index in [1.165, 1.54) is 30.4 Å². The van der Waals surface area contributed by atoms with Crippen LogP contribution < -0.4 is 10.6 Å². The summed E-state index contributed by atoms with van der Waals surface area (Å²) in [5, 5.41) is 6.39. The van der Waals surface area contributed by atoms with Crippen molar-refractivity contribution in [2.24, 2.45) is 5.92 Å². The average molecular weight is 258 g/mol. The van der Waals surface area contributed by atoms with E-state index in [9.17, 15) is 4.79 Å². The lowest BCUT2D eigenvalue weighted by Crippen LogP contribution is -2.47. The highest BCUT2D eigenvalue weighted by atomic mass is 16.2. The van der Waals surface area contributed by atoms with Gasteiger partial charge in [0.15, 0.2) is 0 Å². The summed E-state index contributed by atoms with van der Waals surface area (Å²) in [7, 11) is 0. The first-order valence-corrected chi connectivity index (χ1v) is 7.41. The van der Waals surface area contributed by atoms with Crippen LogP contribution in [-0.4, -0.2) is 18.5 Å². The van der Waals surface area contributed by atoms with E-state index in [1.54, 1.807) is 0 Å². The molecule has 1 aromatic rings. The largest absolute Gasteiger partial charge is 0.355 e. The summed E-state index contributed by atoms with van der Waals surface area (Å²) in [6.07, 6.45) is 6.01. The van der Waals surface area contributed by atoms with Crippen LogP contribution in [0.4, 0.5) is 0 Å². The van der Waals surface area contributed by atoms with Crippen LogP contribution in [0.15, 0.2) is 24.3 Å². The Hall–Kier alpha value is -1.35. The van der Waals surface area contributed by atoms with Crippen LogP contribution in [0.25, 0.3) is 0 Å². The third-order valence-electron chi connectivity index (χ3n) is 4.18. The van der Waals surface area contributed by atoms with Crippen molar-refractivity contribution in [2.75, 3.05) is 6.54 Å². The van der Waals surface area contributed by atoms with Gasteiger partial charge in [-0.1, -0.05) is 37.1 Å². The quantitative estimate of drug-likeness (QED) is 0.793. The average Bonchev–Trinajstić information content (AvgIpc) is 3.27. The lowest BCUT2D eigenvalue weighted by Gasteiger charge is -2.25. The predicted octanol–water partition coefficient (Wildman–Crippen LogP) is 2.01. The van der Waals surface area contributed by atoms with Gasteiger partial charge in [0.25, 0.3) is 0 Å². The smallest absolute Gasteiger partial charge is 0.237 e. The second-order valence-electron chi connectivity index (χ2n) is 5.78. The lowest BCUT2D eigenvalue weighted by atomic mass is 9.95. The van der Waals surface area contributed by atoms with Gasteiger partial charge in [-0.2, -0.15) is 0 Å². The molecule has 1 unspecified atom stereocenters. The predicted molar refractivity (Wildman–Crippen MR) is 75.7 cm³/mol. The molecule has 1 fully saturated rings. The second kappa shape index (κ2) is 5.74. The summed E-state index contributed by atoms with van der Waals surface area (Å²) in [5.41, 5.74) is 2.62. The van der Waals surface area contributed by atoms with Gasteiger partial charge in [-0.15, -0.1) is 0 Å². The van der Waals surface area contributed by atoms with Crippen LogP contribution >= 0.6 is 0 Å². The van der Waals surface area contributed by atoms with Crippen LogP contribution in [-0.2, 0) is 17.8 Å². The number of carbonyl (C=O) groups excluding carboxylic acids is 1.